The van der Waals surface area contributed by atoms with E-state index in [0.29, 0.717) is 37.1 Å². The summed E-state index contributed by atoms with van der Waals surface area (Å²) in [5.74, 6) is -1.12. The largest absolute Gasteiger partial charge is 0.483 e. The number of hydrogen-bond donors (Lipinski definition) is 3. The summed E-state index contributed by atoms with van der Waals surface area (Å²) in [6.07, 6.45) is 4.13. The van der Waals surface area contributed by atoms with E-state index in [1.807, 2.05) is 122 Å². The molecule has 3 aliphatic rings. The van der Waals surface area contributed by atoms with Crippen molar-refractivity contribution in [3.63, 3.8) is 0 Å². The summed E-state index contributed by atoms with van der Waals surface area (Å²) in [4.78, 5) is 60.2. The fourth-order valence-corrected chi connectivity index (χ4v) is 6.77. The smallest absolute Gasteiger partial charge is 0.247 e. The third kappa shape index (κ3) is 8.94. The third-order valence-electron chi connectivity index (χ3n) is 9.59. The minimum Gasteiger partial charge on any atom is -0.483 e. The fourth-order valence-electron chi connectivity index (χ4n) is 6.77. The van der Waals surface area contributed by atoms with Crippen molar-refractivity contribution >= 4 is 29.7 Å². The topological polar surface area (TPSA) is 120 Å². The lowest BCUT2D eigenvalue weighted by Crippen LogP contribution is -2.59. The van der Waals surface area contributed by atoms with Crippen LogP contribution < -0.4 is 20.7 Å². The van der Waals surface area contributed by atoms with E-state index >= 15 is 0 Å². The molecule has 4 amide bonds. The van der Waals surface area contributed by atoms with Crippen LogP contribution in [0.2, 0.25) is 0 Å². The zero-order valence-corrected chi connectivity index (χ0v) is 29.5. The number of likely N-dealkylation sites (tertiary alicyclic amines) is 1. The lowest BCUT2D eigenvalue weighted by molar-refractivity contribution is -0.143. The molecule has 3 aliphatic heterocycles. The molecule has 3 N–H and O–H groups in total. The van der Waals surface area contributed by atoms with Crippen molar-refractivity contribution in [1.82, 2.24) is 25.8 Å². The summed E-state index contributed by atoms with van der Waals surface area (Å²) < 4.78 is 6.55. The maximum atomic E-state index is 14.5. The number of likely N-dealkylation sites (N-methyl/N-ethyl adjacent to an activating group) is 1. The van der Waals surface area contributed by atoms with Crippen LogP contribution in [0.4, 0.5) is 0 Å². The molecule has 1 saturated heterocycles. The summed E-state index contributed by atoms with van der Waals surface area (Å²) in [5, 5.41) is 8.75. The lowest BCUT2D eigenvalue weighted by atomic mass is 9.98. The van der Waals surface area contributed by atoms with Gasteiger partial charge in [0.05, 0.1) is 6.04 Å². The Bertz CT molecular complexity index is 1850. The Kier molecular flexibility index (Phi) is 11.8. The van der Waals surface area contributed by atoms with Crippen LogP contribution in [0.5, 0.6) is 5.75 Å². The van der Waals surface area contributed by atoms with Gasteiger partial charge in [0, 0.05) is 19.2 Å². The molecule has 5 atom stereocenters. The second-order valence-corrected chi connectivity index (χ2v) is 13.5. The quantitative estimate of drug-likeness (QED) is 0.240. The van der Waals surface area contributed by atoms with E-state index in [1.54, 1.807) is 29.3 Å². The second-order valence-electron chi connectivity index (χ2n) is 13.5. The van der Waals surface area contributed by atoms with Crippen LogP contribution in [-0.2, 0) is 32.0 Å². The van der Waals surface area contributed by atoms with E-state index in [1.165, 1.54) is 0 Å². The first kappa shape index (κ1) is 36.1. The highest BCUT2D eigenvalue weighted by molar-refractivity contribution is 5.96. The summed E-state index contributed by atoms with van der Waals surface area (Å²) in [5.41, 5.74) is 3.36. The van der Waals surface area contributed by atoms with Crippen LogP contribution in [0.25, 0.3) is 6.08 Å². The maximum Gasteiger partial charge on any atom is 0.247 e. The van der Waals surface area contributed by atoms with Gasteiger partial charge in [-0.05, 0) is 73.8 Å². The number of amides is 4. The van der Waals surface area contributed by atoms with Crippen LogP contribution in [0.3, 0.4) is 0 Å². The van der Waals surface area contributed by atoms with Gasteiger partial charge in [0.2, 0.25) is 23.6 Å². The minimum absolute atomic E-state index is 0.148. The molecule has 2 bridgehead atoms. The molecule has 3 heterocycles. The molecule has 10 heteroatoms. The first-order valence-electron chi connectivity index (χ1n) is 17.7. The van der Waals surface area contributed by atoms with Gasteiger partial charge in [-0.1, -0.05) is 103 Å². The molecule has 4 aromatic rings. The molecule has 0 aromatic heterocycles. The molecule has 0 saturated carbocycles. The van der Waals surface area contributed by atoms with Crippen molar-refractivity contribution in [3.8, 4) is 5.75 Å². The average molecular weight is 700 g/mol. The van der Waals surface area contributed by atoms with Crippen molar-refractivity contribution in [2.45, 2.75) is 56.0 Å². The Labute approximate surface area is 304 Å². The zero-order valence-electron chi connectivity index (χ0n) is 29.5. The summed E-state index contributed by atoms with van der Waals surface area (Å²) in [6, 6.07) is 32.2. The van der Waals surface area contributed by atoms with E-state index in [2.05, 4.69) is 16.0 Å². The molecular formula is C42H45N5O5. The lowest BCUT2D eigenvalue weighted by Gasteiger charge is -2.34. The highest BCUT2D eigenvalue weighted by Crippen LogP contribution is 2.28. The van der Waals surface area contributed by atoms with Crippen molar-refractivity contribution in [3.05, 3.63) is 144 Å². The molecule has 4 aromatic carbocycles. The zero-order chi connectivity index (χ0) is 36.5. The van der Waals surface area contributed by atoms with E-state index in [0.717, 1.165) is 16.7 Å². The van der Waals surface area contributed by atoms with Crippen LogP contribution >= 0.6 is 0 Å². The normalized spacial score (nSPS) is 21.7. The predicted octanol–water partition coefficient (Wildman–Crippen LogP) is 4.28. The Hall–Kier alpha value is -5.74. The van der Waals surface area contributed by atoms with Crippen molar-refractivity contribution in [1.29, 1.82) is 0 Å². The molecule has 0 spiro atoms. The van der Waals surface area contributed by atoms with Crippen molar-refractivity contribution in [2.24, 2.45) is 0 Å². The average Bonchev–Trinajstić information content (AvgIpc) is 3.66. The van der Waals surface area contributed by atoms with Crippen LogP contribution in [0, 0.1) is 0 Å². The monoisotopic (exact) mass is 699 g/mol. The number of carbonyl (C=O) groups excluding carboxylic acids is 4. The molecule has 7 rings (SSSR count). The molecule has 52 heavy (non-hydrogen) atoms. The number of nitrogens with one attached hydrogen (secondary N) is 3. The van der Waals surface area contributed by atoms with Gasteiger partial charge < -0.3 is 25.6 Å². The Balaban J connectivity index is 1.33. The molecule has 0 unspecified atom stereocenters. The Morgan fingerprint density at radius 3 is 2.13 bits per heavy atom. The molecule has 10 nitrogen and oxygen atoms in total. The van der Waals surface area contributed by atoms with E-state index in [-0.39, 0.29) is 12.3 Å². The highest BCUT2D eigenvalue weighted by Gasteiger charge is 2.42. The maximum absolute atomic E-state index is 14.5. The van der Waals surface area contributed by atoms with E-state index in [9.17, 15) is 19.2 Å². The number of carbonyl (C=O) groups is 4. The van der Waals surface area contributed by atoms with Gasteiger partial charge in [-0.25, -0.2) is 0 Å². The van der Waals surface area contributed by atoms with Gasteiger partial charge >= 0.3 is 0 Å². The predicted molar refractivity (Wildman–Crippen MR) is 200 cm³/mol. The highest BCUT2D eigenvalue weighted by atomic mass is 16.5. The van der Waals surface area contributed by atoms with Gasteiger partial charge in [-0.15, -0.1) is 0 Å². The Morgan fingerprint density at radius 2 is 1.48 bits per heavy atom. The third-order valence-corrected chi connectivity index (χ3v) is 9.59. The molecule has 0 radical (unpaired) electrons. The fraction of sp³-hybridized carbons (Fsp3) is 0.286. The minimum atomic E-state index is -1.27. The molecular weight excluding hydrogens is 654 g/mol. The molecule has 268 valence electrons. The first-order chi connectivity index (χ1) is 25.3. The molecule has 1 fully saturated rings. The van der Waals surface area contributed by atoms with Crippen LogP contribution in [0.1, 0.15) is 41.2 Å². The number of benzene rings is 4. The Morgan fingerprint density at radius 1 is 0.846 bits per heavy atom. The summed E-state index contributed by atoms with van der Waals surface area (Å²) in [6.45, 7) is 0.421. The number of rotatable bonds is 9. The van der Waals surface area contributed by atoms with Crippen LogP contribution in [0.15, 0.2) is 121 Å². The van der Waals surface area contributed by atoms with Gasteiger partial charge in [0.15, 0.2) is 6.10 Å². The number of hydrogen-bond acceptors (Lipinski definition) is 6. The summed E-state index contributed by atoms with van der Waals surface area (Å²) in [7, 11) is 3.73. The number of ether oxygens (including phenoxy) is 1. The van der Waals surface area contributed by atoms with E-state index < -0.39 is 48.0 Å². The summed E-state index contributed by atoms with van der Waals surface area (Å²) >= 11 is 0. The van der Waals surface area contributed by atoms with Gasteiger partial charge in [0.25, 0.3) is 0 Å². The van der Waals surface area contributed by atoms with E-state index in [4.69, 9.17) is 4.74 Å². The van der Waals surface area contributed by atoms with Crippen LogP contribution in [-0.4, -0.2) is 78.2 Å². The van der Waals surface area contributed by atoms with Gasteiger partial charge in [-0.3, -0.25) is 24.1 Å². The van der Waals surface area contributed by atoms with Gasteiger partial charge in [0.1, 0.15) is 23.9 Å². The standard InChI is InChI=1S/C42H45N5O5/c1-46(2)36(28-31-15-8-4-9-16-31)42(51)47-26-12-19-35(47)40(49)45-37-38(32-17-10-5-11-18-32)52-33-22-20-29(21-23-33)24-25-43-39(48)34(44-41(37)50)27-30-13-6-3-7-14-30/h3-11,13-18,20-25,34-38H,12,19,26-28H2,1-2H3,(H,43,48)(H,44,50)(H,45,49)/b25-24-/t34-,35+,36+,37-,38+/m0/s1. The number of fused-ring (bicyclic) bond motifs is 10. The SMILES string of the molecule is CN(C)[C@H](Cc1ccccc1)C(=O)N1CCC[C@@H]1C(=O)N[C@@H]1C(=O)N[C@@H](Cc2ccccc2)C(=O)N/C=C\c2ccc(cc2)O[C@@H]1c1ccccc1. The van der Waals surface area contributed by atoms with Crippen molar-refractivity contribution in [2.75, 3.05) is 20.6 Å². The van der Waals surface area contributed by atoms with Crippen molar-refractivity contribution < 1.29 is 23.9 Å². The first-order valence-corrected chi connectivity index (χ1v) is 17.7. The second kappa shape index (κ2) is 17.0. The number of nitrogens with zero attached hydrogens (tertiary/aromatic N) is 2. The van der Waals surface area contributed by atoms with Gasteiger partial charge in [-0.2, -0.15) is 0 Å². The molecule has 0 aliphatic carbocycles.